The van der Waals surface area contributed by atoms with E-state index in [1.165, 1.54) is 0 Å². The molecule has 0 aliphatic carbocycles. The van der Waals surface area contributed by atoms with Gasteiger partial charge in [0.05, 0.1) is 5.92 Å². The smallest absolute Gasteiger partial charge is 0.407 e. The van der Waals surface area contributed by atoms with E-state index >= 15 is 0 Å². The molecule has 0 saturated carbocycles. The van der Waals surface area contributed by atoms with Crippen molar-refractivity contribution in [1.29, 1.82) is 0 Å². The number of nitrogens with zero attached hydrogens (tertiary/aromatic N) is 2. The van der Waals surface area contributed by atoms with Crippen LogP contribution in [0.4, 0.5) is 4.79 Å². The fourth-order valence-corrected chi connectivity index (χ4v) is 3.99. The van der Waals surface area contributed by atoms with Gasteiger partial charge in [-0.1, -0.05) is 13.8 Å². The van der Waals surface area contributed by atoms with E-state index in [0.29, 0.717) is 26.1 Å². The van der Waals surface area contributed by atoms with Gasteiger partial charge < -0.3 is 19.9 Å². The number of amides is 3. The highest BCUT2D eigenvalue weighted by atomic mass is 16.6. The van der Waals surface area contributed by atoms with Gasteiger partial charge in [0.25, 0.3) is 0 Å². The zero-order chi connectivity index (χ0) is 20.4. The zero-order valence-corrected chi connectivity index (χ0v) is 17.6. The normalized spacial score (nSPS) is 25.7. The van der Waals surface area contributed by atoms with Gasteiger partial charge in [0.2, 0.25) is 11.8 Å². The molecular weight excluding hydrogens is 346 g/mol. The molecule has 154 valence electrons. The lowest BCUT2D eigenvalue weighted by molar-refractivity contribution is -0.143. The number of ether oxygens (including phenoxy) is 1. The molecule has 2 aliphatic heterocycles. The summed E-state index contributed by atoms with van der Waals surface area (Å²) in [6.07, 6.45) is 1.99. The largest absolute Gasteiger partial charge is 0.444 e. The Balaban J connectivity index is 1.95. The van der Waals surface area contributed by atoms with Crippen LogP contribution < -0.4 is 5.32 Å². The van der Waals surface area contributed by atoms with E-state index in [4.69, 9.17) is 4.74 Å². The molecule has 0 radical (unpaired) electrons. The molecule has 7 nitrogen and oxygen atoms in total. The van der Waals surface area contributed by atoms with Crippen molar-refractivity contribution in [2.45, 2.75) is 72.4 Å². The van der Waals surface area contributed by atoms with Gasteiger partial charge in [-0.2, -0.15) is 0 Å². The van der Waals surface area contributed by atoms with E-state index < -0.39 is 11.7 Å². The molecule has 2 saturated heterocycles. The lowest BCUT2D eigenvalue weighted by atomic mass is 9.78. The highest BCUT2D eigenvalue weighted by Crippen LogP contribution is 2.31. The Labute approximate surface area is 162 Å². The third kappa shape index (κ3) is 5.84. The second kappa shape index (κ2) is 8.07. The van der Waals surface area contributed by atoms with Crippen LogP contribution in [0.15, 0.2) is 0 Å². The molecule has 2 aliphatic rings. The predicted octanol–water partition coefficient (Wildman–Crippen LogP) is 2.40. The van der Waals surface area contributed by atoms with Crippen LogP contribution in [0, 0.1) is 11.3 Å². The van der Waals surface area contributed by atoms with Crippen LogP contribution in [0.3, 0.4) is 0 Å². The van der Waals surface area contributed by atoms with Crippen molar-refractivity contribution in [1.82, 2.24) is 15.1 Å². The van der Waals surface area contributed by atoms with Crippen molar-refractivity contribution in [3.05, 3.63) is 0 Å². The molecule has 0 aromatic heterocycles. The summed E-state index contributed by atoms with van der Waals surface area (Å²) in [6, 6.07) is -0.0449. The Hall–Kier alpha value is -1.79. The van der Waals surface area contributed by atoms with Crippen molar-refractivity contribution >= 4 is 17.9 Å². The van der Waals surface area contributed by atoms with Crippen molar-refractivity contribution in [3.63, 3.8) is 0 Å². The minimum absolute atomic E-state index is 0.0353. The molecule has 0 bridgehead atoms. The summed E-state index contributed by atoms with van der Waals surface area (Å²) < 4.78 is 5.37. The molecule has 2 atom stereocenters. The molecule has 1 N–H and O–H groups in total. The van der Waals surface area contributed by atoms with Crippen LogP contribution >= 0.6 is 0 Å². The Bertz CT molecular complexity index is 582. The van der Waals surface area contributed by atoms with E-state index in [0.717, 1.165) is 19.4 Å². The molecule has 0 aromatic rings. The number of piperidine rings is 2. The maximum atomic E-state index is 13.0. The lowest BCUT2D eigenvalue weighted by Gasteiger charge is -2.46. The number of alkyl carbamates (subject to hydrolysis) is 1. The number of hydrogen-bond acceptors (Lipinski definition) is 4. The first-order chi connectivity index (χ1) is 12.4. The van der Waals surface area contributed by atoms with E-state index in [2.05, 4.69) is 19.2 Å². The van der Waals surface area contributed by atoms with E-state index in [-0.39, 0.29) is 29.2 Å². The Morgan fingerprint density at radius 1 is 1.07 bits per heavy atom. The van der Waals surface area contributed by atoms with Crippen LogP contribution in [-0.2, 0) is 14.3 Å². The van der Waals surface area contributed by atoms with Crippen molar-refractivity contribution in [2.24, 2.45) is 11.3 Å². The van der Waals surface area contributed by atoms with Crippen molar-refractivity contribution in [2.75, 3.05) is 26.2 Å². The van der Waals surface area contributed by atoms with Gasteiger partial charge in [0.15, 0.2) is 0 Å². The number of carbonyl (C=O) groups excluding carboxylic acids is 3. The van der Waals surface area contributed by atoms with Crippen molar-refractivity contribution in [3.8, 4) is 0 Å². The standard InChI is InChI=1S/C20H35N3O4/c1-14(24)22-10-7-8-15(12-22)17(25)23-11-9-16(20(5,6)13-23)21-18(26)27-19(2,3)4/h15-16H,7-13H2,1-6H3,(H,21,26). The van der Waals surface area contributed by atoms with E-state index in [1.807, 2.05) is 25.7 Å². The van der Waals surface area contributed by atoms with Gasteiger partial charge in [0, 0.05) is 44.6 Å². The average molecular weight is 382 g/mol. The minimum atomic E-state index is -0.533. The van der Waals surface area contributed by atoms with Gasteiger partial charge in [-0.25, -0.2) is 4.79 Å². The van der Waals surface area contributed by atoms with Crippen LogP contribution in [0.25, 0.3) is 0 Å². The summed E-state index contributed by atoms with van der Waals surface area (Å²) in [5, 5.41) is 2.97. The van der Waals surface area contributed by atoms with Crippen LogP contribution in [0.1, 0.15) is 60.8 Å². The number of likely N-dealkylation sites (tertiary alicyclic amines) is 2. The topological polar surface area (TPSA) is 79.0 Å². The third-order valence-electron chi connectivity index (χ3n) is 5.45. The molecule has 2 fully saturated rings. The first-order valence-electron chi connectivity index (χ1n) is 9.93. The fourth-order valence-electron chi connectivity index (χ4n) is 3.99. The Kier molecular flexibility index (Phi) is 6.43. The molecule has 0 spiro atoms. The number of hydrogen-bond donors (Lipinski definition) is 1. The number of carbonyl (C=O) groups is 3. The highest BCUT2D eigenvalue weighted by molar-refractivity contribution is 5.81. The number of nitrogens with one attached hydrogen (secondary N) is 1. The molecule has 0 aromatic carbocycles. The zero-order valence-electron chi connectivity index (χ0n) is 17.6. The third-order valence-corrected chi connectivity index (χ3v) is 5.45. The van der Waals surface area contributed by atoms with Gasteiger partial charge in [-0.3, -0.25) is 9.59 Å². The summed E-state index contributed by atoms with van der Waals surface area (Å²) in [5.41, 5.74) is -0.784. The Morgan fingerprint density at radius 3 is 2.30 bits per heavy atom. The summed E-state index contributed by atoms with van der Waals surface area (Å²) in [5.74, 6) is 0.0478. The van der Waals surface area contributed by atoms with E-state index in [1.54, 1.807) is 11.8 Å². The molecule has 2 unspecified atom stereocenters. The fraction of sp³-hybridized carbons (Fsp3) is 0.850. The highest BCUT2D eigenvalue weighted by Gasteiger charge is 2.41. The maximum absolute atomic E-state index is 13.0. The molecule has 27 heavy (non-hydrogen) atoms. The van der Waals surface area contributed by atoms with Crippen LogP contribution in [0.2, 0.25) is 0 Å². The molecule has 7 heteroatoms. The second-order valence-electron chi connectivity index (χ2n) is 9.54. The molecular formula is C20H35N3O4. The minimum Gasteiger partial charge on any atom is -0.444 e. The van der Waals surface area contributed by atoms with Crippen LogP contribution in [-0.4, -0.2) is 65.5 Å². The maximum Gasteiger partial charge on any atom is 0.407 e. The first-order valence-corrected chi connectivity index (χ1v) is 9.93. The molecule has 2 heterocycles. The van der Waals surface area contributed by atoms with Crippen molar-refractivity contribution < 1.29 is 19.1 Å². The second-order valence-corrected chi connectivity index (χ2v) is 9.54. The molecule has 2 rings (SSSR count). The van der Waals surface area contributed by atoms with Gasteiger partial charge in [-0.15, -0.1) is 0 Å². The van der Waals surface area contributed by atoms with Gasteiger partial charge in [-0.05, 0) is 40.0 Å². The molecule has 3 amide bonds. The quantitative estimate of drug-likeness (QED) is 0.797. The average Bonchev–Trinajstić information content (AvgIpc) is 2.54. The number of rotatable bonds is 2. The van der Waals surface area contributed by atoms with Crippen LogP contribution in [0.5, 0.6) is 0 Å². The summed E-state index contributed by atoms with van der Waals surface area (Å²) in [4.78, 5) is 40.4. The Morgan fingerprint density at radius 2 is 1.74 bits per heavy atom. The summed E-state index contributed by atoms with van der Waals surface area (Å²) >= 11 is 0. The summed E-state index contributed by atoms with van der Waals surface area (Å²) in [6.45, 7) is 13.7. The predicted molar refractivity (Wildman–Crippen MR) is 103 cm³/mol. The first kappa shape index (κ1) is 21.5. The van der Waals surface area contributed by atoms with Gasteiger partial charge >= 0.3 is 6.09 Å². The summed E-state index contributed by atoms with van der Waals surface area (Å²) in [7, 11) is 0. The van der Waals surface area contributed by atoms with E-state index in [9.17, 15) is 14.4 Å². The monoisotopic (exact) mass is 381 g/mol. The van der Waals surface area contributed by atoms with Gasteiger partial charge in [0.1, 0.15) is 5.60 Å². The SMILES string of the molecule is CC(=O)N1CCCC(C(=O)N2CCC(NC(=O)OC(C)(C)C)C(C)(C)C2)C1. The lowest BCUT2D eigenvalue weighted by Crippen LogP contribution is -2.58.